The molecular formula is C13H8Cl2O3. The van der Waals surface area contributed by atoms with Crippen molar-refractivity contribution in [3.8, 4) is 16.9 Å². The molecule has 0 aliphatic carbocycles. The van der Waals surface area contributed by atoms with Crippen LogP contribution in [0.1, 0.15) is 10.4 Å². The van der Waals surface area contributed by atoms with Gasteiger partial charge in [0, 0.05) is 5.56 Å². The molecule has 0 spiro atoms. The Labute approximate surface area is 113 Å². The number of carbonyl (C=O) groups is 1. The van der Waals surface area contributed by atoms with Gasteiger partial charge in [-0.3, -0.25) is 0 Å². The van der Waals surface area contributed by atoms with Crippen LogP contribution in [0, 0.1) is 0 Å². The Balaban J connectivity index is 2.52. The molecular weight excluding hydrogens is 275 g/mol. The second-order valence-electron chi connectivity index (χ2n) is 3.67. The zero-order valence-corrected chi connectivity index (χ0v) is 10.5. The normalized spacial score (nSPS) is 10.3. The summed E-state index contributed by atoms with van der Waals surface area (Å²) < 4.78 is 0. The molecule has 2 N–H and O–H groups in total. The minimum absolute atomic E-state index is 0.0177. The van der Waals surface area contributed by atoms with Crippen molar-refractivity contribution in [1.29, 1.82) is 0 Å². The highest BCUT2D eigenvalue weighted by atomic mass is 35.5. The fraction of sp³-hybridized carbons (Fsp3) is 0. The largest absolute Gasteiger partial charge is 0.508 e. The predicted molar refractivity (Wildman–Crippen MR) is 70.5 cm³/mol. The zero-order chi connectivity index (χ0) is 13.3. The lowest BCUT2D eigenvalue weighted by atomic mass is 10.0. The number of aromatic hydroxyl groups is 1. The Morgan fingerprint density at radius 2 is 1.50 bits per heavy atom. The van der Waals surface area contributed by atoms with Gasteiger partial charge in [-0.25, -0.2) is 4.79 Å². The second kappa shape index (κ2) is 4.88. The van der Waals surface area contributed by atoms with Crippen LogP contribution in [0.3, 0.4) is 0 Å². The number of aromatic carboxylic acids is 1. The number of phenolic OH excluding ortho intramolecular Hbond substituents is 1. The standard InChI is InChI=1S/C13H8Cl2O3/c14-10-5-9(16)6-11(15)12(10)7-1-3-8(4-2-7)13(17)18/h1-6,16H,(H,17,18). The highest BCUT2D eigenvalue weighted by molar-refractivity contribution is 6.39. The van der Waals surface area contributed by atoms with Crippen LogP contribution in [0.5, 0.6) is 5.75 Å². The molecule has 0 amide bonds. The molecule has 0 aliphatic heterocycles. The van der Waals surface area contributed by atoms with E-state index in [1.165, 1.54) is 24.3 Å². The van der Waals surface area contributed by atoms with Crippen molar-refractivity contribution in [2.24, 2.45) is 0 Å². The Bertz CT molecular complexity index is 583. The first-order chi connectivity index (χ1) is 8.49. The van der Waals surface area contributed by atoms with Gasteiger partial charge >= 0.3 is 5.97 Å². The SMILES string of the molecule is O=C(O)c1ccc(-c2c(Cl)cc(O)cc2Cl)cc1. The lowest BCUT2D eigenvalue weighted by molar-refractivity contribution is 0.0697. The zero-order valence-electron chi connectivity index (χ0n) is 9.02. The van der Waals surface area contributed by atoms with E-state index in [9.17, 15) is 9.90 Å². The van der Waals surface area contributed by atoms with Gasteiger partial charge in [0.25, 0.3) is 0 Å². The van der Waals surface area contributed by atoms with Crippen molar-refractivity contribution < 1.29 is 15.0 Å². The average molecular weight is 283 g/mol. The molecule has 0 unspecified atom stereocenters. The monoisotopic (exact) mass is 282 g/mol. The molecule has 0 atom stereocenters. The molecule has 0 radical (unpaired) electrons. The van der Waals surface area contributed by atoms with E-state index in [0.717, 1.165) is 0 Å². The summed E-state index contributed by atoms with van der Waals surface area (Å²) in [6.07, 6.45) is 0. The van der Waals surface area contributed by atoms with E-state index in [-0.39, 0.29) is 11.3 Å². The number of phenols is 1. The van der Waals surface area contributed by atoms with Gasteiger partial charge < -0.3 is 10.2 Å². The first-order valence-corrected chi connectivity index (χ1v) is 5.76. The minimum atomic E-state index is -0.996. The molecule has 0 saturated heterocycles. The van der Waals surface area contributed by atoms with Crippen molar-refractivity contribution in [2.45, 2.75) is 0 Å². The van der Waals surface area contributed by atoms with Gasteiger partial charge in [0.1, 0.15) is 5.75 Å². The van der Waals surface area contributed by atoms with Crippen LogP contribution in [-0.2, 0) is 0 Å². The van der Waals surface area contributed by atoms with E-state index < -0.39 is 5.97 Å². The fourth-order valence-electron chi connectivity index (χ4n) is 1.62. The van der Waals surface area contributed by atoms with Crippen molar-refractivity contribution >= 4 is 29.2 Å². The van der Waals surface area contributed by atoms with E-state index >= 15 is 0 Å². The summed E-state index contributed by atoms with van der Waals surface area (Å²) in [5.41, 5.74) is 1.44. The van der Waals surface area contributed by atoms with E-state index in [4.69, 9.17) is 28.3 Å². The summed E-state index contributed by atoms with van der Waals surface area (Å²) in [5, 5.41) is 18.8. The smallest absolute Gasteiger partial charge is 0.335 e. The summed E-state index contributed by atoms with van der Waals surface area (Å²) in [7, 11) is 0. The molecule has 2 aromatic carbocycles. The Morgan fingerprint density at radius 1 is 1.00 bits per heavy atom. The van der Waals surface area contributed by atoms with Crippen LogP contribution in [-0.4, -0.2) is 16.2 Å². The summed E-state index contributed by atoms with van der Waals surface area (Å²) in [6.45, 7) is 0. The van der Waals surface area contributed by atoms with E-state index in [1.807, 2.05) is 0 Å². The van der Waals surface area contributed by atoms with Crippen LogP contribution in [0.25, 0.3) is 11.1 Å². The van der Waals surface area contributed by atoms with Gasteiger partial charge in [-0.05, 0) is 29.8 Å². The van der Waals surface area contributed by atoms with Gasteiger partial charge in [-0.2, -0.15) is 0 Å². The Kier molecular flexibility index (Phi) is 3.45. The maximum atomic E-state index is 10.7. The van der Waals surface area contributed by atoms with Crippen molar-refractivity contribution in [3.63, 3.8) is 0 Å². The lowest BCUT2D eigenvalue weighted by Crippen LogP contribution is -1.95. The molecule has 92 valence electrons. The second-order valence-corrected chi connectivity index (χ2v) is 4.48. The van der Waals surface area contributed by atoms with Crippen LogP contribution < -0.4 is 0 Å². The van der Waals surface area contributed by atoms with Gasteiger partial charge in [-0.15, -0.1) is 0 Å². The van der Waals surface area contributed by atoms with Crippen LogP contribution in [0.4, 0.5) is 0 Å². The summed E-state index contributed by atoms with van der Waals surface area (Å²) in [4.78, 5) is 10.7. The topological polar surface area (TPSA) is 57.5 Å². The van der Waals surface area contributed by atoms with Crippen molar-refractivity contribution in [3.05, 3.63) is 52.0 Å². The predicted octanol–water partition coefficient (Wildman–Crippen LogP) is 4.06. The Hall–Kier alpha value is -1.71. The molecule has 0 bridgehead atoms. The van der Waals surface area contributed by atoms with E-state index in [0.29, 0.717) is 21.2 Å². The first-order valence-electron chi connectivity index (χ1n) is 5.01. The van der Waals surface area contributed by atoms with E-state index in [2.05, 4.69) is 0 Å². The molecule has 18 heavy (non-hydrogen) atoms. The average Bonchev–Trinajstić information content (AvgIpc) is 2.28. The van der Waals surface area contributed by atoms with E-state index in [1.54, 1.807) is 12.1 Å². The van der Waals surface area contributed by atoms with Gasteiger partial charge in [0.15, 0.2) is 0 Å². The lowest BCUT2D eigenvalue weighted by Gasteiger charge is -2.08. The quantitative estimate of drug-likeness (QED) is 0.873. The maximum absolute atomic E-state index is 10.7. The highest BCUT2D eigenvalue weighted by Crippen LogP contribution is 2.37. The van der Waals surface area contributed by atoms with Gasteiger partial charge in [0.05, 0.1) is 15.6 Å². The molecule has 0 saturated carbocycles. The summed E-state index contributed by atoms with van der Waals surface area (Å²) in [5.74, 6) is -1.01. The third-order valence-electron chi connectivity index (χ3n) is 2.45. The van der Waals surface area contributed by atoms with Gasteiger partial charge in [0.2, 0.25) is 0 Å². The number of hydrogen-bond acceptors (Lipinski definition) is 2. The summed E-state index contributed by atoms with van der Waals surface area (Å²) >= 11 is 12.0. The molecule has 3 nitrogen and oxygen atoms in total. The maximum Gasteiger partial charge on any atom is 0.335 e. The number of carboxylic acids is 1. The number of halogens is 2. The first kappa shape index (κ1) is 12.7. The van der Waals surface area contributed by atoms with Crippen LogP contribution in [0.2, 0.25) is 10.0 Å². The highest BCUT2D eigenvalue weighted by Gasteiger charge is 2.11. The third kappa shape index (κ3) is 2.42. The number of hydrogen-bond donors (Lipinski definition) is 2. The van der Waals surface area contributed by atoms with Gasteiger partial charge in [-0.1, -0.05) is 35.3 Å². The number of rotatable bonds is 2. The molecule has 2 aromatic rings. The molecule has 0 heterocycles. The minimum Gasteiger partial charge on any atom is -0.508 e. The Morgan fingerprint density at radius 3 is 1.94 bits per heavy atom. The number of carboxylic acid groups (broad SMARTS) is 1. The molecule has 0 aliphatic rings. The fourth-order valence-corrected chi connectivity index (χ4v) is 2.31. The van der Waals surface area contributed by atoms with Crippen LogP contribution >= 0.6 is 23.2 Å². The summed E-state index contributed by atoms with van der Waals surface area (Å²) in [6, 6.07) is 8.94. The molecule has 0 aromatic heterocycles. The number of benzene rings is 2. The van der Waals surface area contributed by atoms with Crippen molar-refractivity contribution in [1.82, 2.24) is 0 Å². The molecule has 5 heteroatoms. The van der Waals surface area contributed by atoms with Crippen LogP contribution in [0.15, 0.2) is 36.4 Å². The molecule has 2 rings (SSSR count). The third-order valence-corrected chi connectivity index (χ3v) is 3.04. The molecule has 0 fully saturated rings. The van der Waals surface area contributed by atoms with Crippen molar-refractivity contribution in [2.75, 3.05) is 0 Å².